The Labute approximate surface area is 165 Å². The number of imidazole rings is 2. The summed E-state index contributed by atoms with van der Waals surface area (Å²) in [5.74, 6) is -0.239. The number of carbonyl (C=O) groups is 1. The Balaban J connectivity index is 1.38. The maximum Gasteiger partial charge on any atom is 0.257 e. The first kappa shape index (κ1) is 17.1. The van der Waals surface area contributed by atoms with E-state index >= 15 is 0 Å². The number of pyridine rings is 2. The van der Waals surface area contributed by atoms with Crippen molar-refractivity contribution in [1.29, 1.82) is 0 Å². The highest BCUT2D eigenvalue weighted by atomic mass is 16.1. The molecule has 1 aromatic carbocycles. The van der Waals surface area contributed by atoms with E-state index in [2.05, 4.69) is 25.3 Å². The minimum atomic E-state index is -0.239. The van der Waals surface area contributed by atoms with Crippen LogP contribution in [0.1, 0.15) is 15.9 Å². The van der Waals surface area contributed by atoms with Crippen LogP contribution >= 0.6 is 0 Å². The van der Waals surface area contributed by atoms with E-state index in [1.54, 1.807) is 31.1 Å². The Morgan fingerprint density at radius 2 is 1.93 bits per heavy atom. The lowest BCUT2D eigenvalue weighted by atomic mass is 10.2. The first-order chi connectivity index (χ1) is 14.2. The fourth-order valence-electron chi connectivity index (χ4n) is 3.29. The van der Waals surface area contributed by atoms with E-state index in [0.717, 1.165) is 22.2 Å². The van der Waals surface area contributed by atoms with Gasteiger partial charge in [0.05, 0.1) is 35.8 Å². The summed E-state index contributed by atoms with van der Waals surface area (Å²) in [7, 11) is 1.93. The molecule has 0 aliphatic rings. The van der Waals surface area contributed by atoms with Crippen LogP contribution in [0, 0.1) is 0 Å². The summed E-state index contributed by atoms with van der Waals surface area (Å²) in [5, 5.41) is 2.90. The standard InChI is InChI=1S/C21H17N7O/c1-27-12-24-17-8-16(4-5-19(17)27)26-21(29)15-7-18-20(23-10-15)28(13-25-18)11-14-3-2-6-22-9-14/h2-10,12-13H,11H2,1H3,(H,26,29). The molecule has 0 saturated heterocycles. The zero-order valence-electron chi connectivity index (χ0n) is 15.6. The lowest BCUT2D eigenvalue weighted by Gasteiger charge is -2.06. The molecule has 29 heavy (non-hydrogen) atoms. The summed E-state index contributed by atoms with van der Waals surface area (Å²) >= 11 is 0. The third kappa shape index (κ3) is 3.20. The zero-order valence-corrected chi connectivity index (χ0v) is 15.6. The lowest BCUT2D eigenvalue weighted by Crippen LogP contribution is -2.12. The largest absolute Gasteiger partial charge is 0.334 e. The van der Waals surface area contributed by atoms with Crippen molar-refractivity contribution >= 4 is 33.8 Å². The van der Waals surface area contributed by atoms with Crippen molar-refractivity contribution in [2.45, 2.75) is 6.54 Å². The second kappa shape index (κ2) is 6.83. The van der Waals surface area contributed by atoms with E-state index in [-0.39, 0.29) is 5.91 Å². The van der Waals surface area contributed by atoms with E-state index in [1.807, 2.05) is 52.7 Å². The van der Waals surface area contributed by atoms with Gasteiger partial charge in [-0.3, -0.25) is 9.78 Å². The number of benzene rings is 1. The number of hydrogen-bond donors (Lipinski definition) is 1. The average Bonchev–Trinajstić information content (AvgIpc) is 3.32. The molecule has 0 bridgehead atoms. The number of nitrogens with zero attached hydrogens (tertiary/aromatic N) is 6. The van der Waals surface area contributed by atoms with E-state index in [4.69, 9.17) is 0 Å². The number of amides is 1. The summed E-state index contributed by atoms with van der Waals surface area (Å²) < 4.78 is 3.86. The summed E-state index contributed by atoms with van der Waals surface area (Å²) in [6.07, 6.45) is 8.59. The molecular weight excluding hydrogens is 366 g/mol. The van der Waals surface area contributed by atoms with Gasteiger partial charge in [0.25, 0.3) is 5.91 Å². The summed E-state index contributed by atoms with van der Waals surface area (Å²) in [6, 6.07) is 11.3. The van der Waals surface area contributed by atoms with Gasteiger partial charge in [-0.2, -0.15) is 0 Å². The van der Waals surface area contributed by atoms with Crippen LogP contribution in [-0.4, -0.2) is 35.0 Å². The molecule has 0 spiro atoms. The highest BCUT2D eigenvalue weighted by Gasteiger charge is 2.12. The molecule has 1 amide bonds. The van der Waals surface area contributed by atoms with E-state index in [9.17, 15) is 4.79 Å². The Morgan fingerprint density at radius 1 is 1.03 bits per heavy atom. The number of anilines is 1. The molecule has 0 aliphatic carbocycles. The van der Waals surface area contributed by atoms with Gasteiger partial charge in [-0.1, -0.05) is 6.07 Å². The van der Waals surface area contributed by atoms with Crippen molar-refractivity contribution in [2.75, 3.05) is 5.32 Å². The number of rotatable bonds is 4. The molecule has 0 fully saturated rings. The van der Waals surface area contributed by atoms with Gasteiger partial charge in [0.2, 0.25) is 0 Å². The number of fused-ring (bicyclic) bond motifs is 2. The molecule has 0 aliphatic heterocycles. The van der Waals surface area contributed by atoms with E-state index < -0.39 is 0 Å². The predicted molar refractivity (Wildman–Crippen MR) is 110 cm³/mol. The van der Waals surface area contributed by atoms with Crippen LogP contribution in [0.5, 0.6) is 0 Å². The van der Waals surface area contributed by atoms with Crippen LogP contribution in [0.2, 0.25) is 0 Å². The van der Waals surface area contributed by atoms with Gasteiger partial charge >= 0.3 is 0 Å². The Morgan fingerprint density at radius 3 is 2.79 bits per heavy atom. The zero-order chi connectivity index (χ0) is 19.8. The van der Waals surface area contributed by atoms with Crippen molar-refractivity contribution in [3.05, 3.63) is 78.8 Å². The minimum absolute atomic E-state index is 0.239. The van der Waals surface area contributed by atoms with Crippen molar-refractivity contribution in [3.63, 3.8) is 0 Å². The number of carbonyl (C=O) groups excluding carboxylic acids is 1. The van der Waals surface area contributed by atoms with Gasteiger partial charge in [-0.15, -0.1) is 0 Å². The normalized spacial score (nSPS) is 11.2. The summed E-state index contributed by atoms with van der Waals surface area (Å²) in [4.78, 5) is 30.0. The van der Waals surface area contributed by atoms with Crippen molar-refractivity contribution < 1.29 is 4.79 Å². The Hall–Kier alpha value is -4.07. The molecular formula is C21H17N7O. The molecule has 5 aromatic rings. The molecule has 8 nitrogen and oxygen atoms in total. The number of aromatic nitrogens is 6. The molecule has 8 heteroatoms. The fraction of sp³-hybridized carbons (Fsp3) is 0.0952. The van der Waals surface area contributed by atoms with Crippen LogP contribution in [0.3, 0.4) is 0 Å². The third-order valence-corrected chi connectivity index (χ3v) is 4.78. The van der Waals surface area contributed by atoms with Gasteiger partial charge in [-0.05, 0) is 35.9 Å². The first-order valence-electron chi connectivity index (χ1n) is 9.09. The van der Waals surface area contributed by atoms with Gasteiger partial charge < -0.3 is 14.5 Å². The van der Waals surface area contributed by atoms with Crippen molar-refractivity contribution in [1.82, 2.24) is 29.1 Å². The molecule has 5 rings (SSSR count). The fourth-order valence-corrected chi connectivity index (χ4v) is 3.29. The molecule has 1 N–H and O–H groups in total. The smallest absolute Gasteiger partial charge is 0.257 e. The average molecular weight is 383 g/mol. The second-order valence-corrected chi connectivity index (χ2v) is 6.81. The number of nitrogens with one attached hydrogen (secondary N) is 1. The Bertz CT molecular complexity index is 1340. The number of hydrogen-bond acceptors (Lipinski definition) is 5. The molecule has 0 unspecified atom stereocenters. The molecule has 4 heterocycles. The predicted octanol–water partition coefficient (Wildman–Crippen LogP) is 3.01. The maximum absolute atomic E-state index is 12.7. The Kier molecular flexibility index (Phi) is 4.02. The minimum Gasteiger partial charge on any atom is -0.334 e. The summed E-state index contributed by atoms with van der Waals surface area (Å²) in [6.45, 7) is 0.618. The highest BCUT2D eigenvalue weighted by Crippen LogP contribution is 2.19. The van der Waals surface area contributed by atoms with Crippen LogP contribution in [0.4, 0.5) is 5.69 Å². The van der Waals surface area contributed by atoms with E-state index in [0.29, 0.717) is 23.3 Å². The van der Waals surface area contributed by atoms with Gasteiger partial charge in [0.1, 0.15) is 5.52 Å². The highest BCUT2D eigenvalue weighted by molar-refractivity contribution is 6.06. The molecule has 4 aromatic heterocycles. The summed E-state index contributed by atoms with van der Waals surface area (Å²) in [5.41, 5.74) is 5.41. The number of aryl methyl sites for hydroxylation is 1. The van der Waals surface area contributed by atoms with Crippen molar-refractivity contribution in [3.8, 4) is 0 Å². The quantitative estimate of drug-likeness (QED) is 0.515. The van der Waals surface area contributed by atoms with Crippen LogP contribution in [-0.2, 0) is 13.6 Å². The third-order valence-electron chi connectivity index (χ3n) is 4.78. The van der Waals surface area contributed by atoms with Crippen LogP contribution in [0.15, 0.2) is 67.6 Å². The maximum atomic E-state index is 12.7. The van der Waals surface area contributed by atoms with Crippen LogP contribution in [0.25, 0.3) is 22.2 Å². The van der Waals surface area contributed by atoms with Crippen molar-refractivity contribution in [2.24, 2.45) is 7.05 Å². The van der Waals surface area contributed by atoms with Crippen LogP contribution < -0.4 is 5.32 Å². The van der Waals surface area contributed by atoms with E-state index in [1.165, 1.54) is 0 Å². The molecule has 0 saturated carbocycles. The molecule has 0 atom stereocenters. The topological polar surface area (TPSA) is 90.5 Å². The lowest BCUT2D eigenvalue weighted by molar-refractivity contribution is 0.102. The van der Waals surface area contributed by atoms with Gasteiger partial charge in [0.15, 0.2) is 5.65 Å². The first-order valence-corrected chi connectivity index (χ1v) is 9.09. The SMILES string of the molecule is Cn1cnc2cc(NC(=O)c3cnc4c(c3)ncn4Cc3cccnc3)ccc21. The molecule has 0 radical (unpaired) electrons. The van der Waals surface area contributed by atoms with Gasteiger partial charge in [-0.25, -0.2) is 15.0 Å². The van der Waals surface area contributed by atoms with Gasteiger partial charge in [0, 0.05) is 31.3 Å². The molecule has 142 valence electrons. The monoisotopic (exact) mass is 383 g/mol. The second-order valence-electron chi connectivity index (χ2n) is 6.81.